The van der Waals surface area contributed by atoms with Crippen LogP contribution < -0.4 is 5.73 Å². The quantitative estimate of drug-likeness (QED) is 0.786. The number of amides is 1. The number of primary amides is 1. The topological polar surface area (TPSA) is 63.3 Å². The number of carbonyl (C=O) groups is 1. The molecule has 1 atom stereocenters. The summed E-state index contributed by atoms with van der Waals surface area (Å²) in [6.45, 7) is 4.05. The molecule has 0 aliphatic rings. The minimum Gasteiger partial charge on any atom is -0.396 e. The monoisotopic (exact) mass is 207 g/mol. The first-order chi connectivity index (χ1) is 7.07. The molecule has 0 radical (unpaired) electrons. The summed E-state index contributed by atoms with van der Waals surface area (Å²) in [4.78, 5) is 11.2. The van der Waals surface area contributed by atoms with Gasteiger partial charge in [0, 0.05) is 11.5 Å². The Balaban J connectivity index is 3.16. The Morgan fingerprint density at radius 1 is 1.40 bits per heavy atom. The van der Waals surface area contributed by atoms with Crippen molar-refractivity contribution in [2.45, 2.75) is 19.8 Å². The predicted molar refractivity (Wildman–Crippen MR) is 59.6 cm³/mol. The van der Waals surface area contributed by atoms with Crippen molar-refractivity contribution in [1.29, 1.82) is 0 Å². The van der Waals surface area contributed by atoms with Crippen LogP contribution in [0.2, 0.25) is 0 Å². The van der Waals surface area contributed by atoms with Crippen molar-refractivity contribution in [3.63, 3.8) is 0 Å². The second-order valence-electron chi connectivity index (χ2n) is 3.98. The van der Waals surface area contributed by atoms with Gasteiger partial charge in [0.15, 0.2) is 0 Å². The van der Waals surface area contributed by atoms with Crippen molar-refractivity contribution in [1.82, 2.24) is 0 Å². The smallest absolute Gasteiger partial charge is 0.248 e. The van der Waals surface area contributed by atoms with Gasteiger partial charge in [0.2, 0.25) is 5.91 Å². The first-order valence-corrected chi connectivity index (χ1v) is 5.07. The number of nitrogens with two attached hydrogens (primary N) is 1. The van der Waals surface area contributed by atoms with E-state index < -0.39 is 5.91 Å². The van der Waals surface area contributed by atoms with Crippen LogP contribution in [0.15, 0.2) is 24.3 Å². The van der Waals surface area contributed by atoms with E-state index in [-0.39, 0.29) is 18.4 Å². The standard InChI is InChI=1S/C12H17NO2/c1-8(2)11(7-14)9-5-3-4-6-10(9)12(13)15/h3-6,8,11,14H,7H2,1-2H3,(H2,13,15)/t11-/m0/s1. The zero-order valence-corrected chi connectivity index (χ0v) is 9.10. The highest BCUT2D eigenvalue weighted by atomic mass is 16.3. The van der Waals surface area contributed by atoms with Gasteiger partial charge in [-0.3, -0.25) is 4.79 Å². The largest absolute Gasteiger partial charge is 0.396 e. The number of hydrogen-bond donors (Lipinski definition) is 2. The van der Waals surface area contributed by atoms with Gasteiger partial charge in [-0.1, -0.05) is 32.0 Å². The molecule has 0 aromatic heterocycles. The first kappa shape index (κ1) is 11.7. The lowest BCUT2D eigenvalue weighted by atomic mass is 9.86. The summed E-state index contributed by atoms with van der Waals surface area (Å²) in [5, 5.41) is 9.30. The normalized spacial score (nSPS) is 12.8. The van der Waals surface area contributed by atoms with Crippen molar-refractivity contribution < 1.29 is 9.90 Å². The third-order valence-electron chi connectivity index (χ3n) is 2.63. The first-order valence-electron chi connectivity index (χ1n) is 5.07. The molecule has 0 fully saturated rings. The number of hydrogen-bond acceptors (Lipinski definition) is 2. The van der Waals surface area contributed by atoms with Crippen LogP contribution in [0.5, 0.6) is 0 Å². The second kappa shape index (κ2) is 4.94. The molecule has 0 aliphatic heterocycles. The molecule has 3 heteroatoms. The molecule has 0 saturated carbocycles. The maximum absolute atomic E-state index is 11.2. The van der Waals surface area contributed by atoms with E-state index in [4.69, 9.17) is 5.73 Å². The van der Waals surface area contributed by atoms with Crippen LogP contribution in [-0.2, 0) is 0 Å². The molecule has 0 unspecified atom stereocenters. The van der Waals surface area contributed by atoms with Gasteiger partial charge in [-0.05, 0) is 17.5 Å². The molecule has 82 valence electrons. The van der Waals surface area contributed by atoms with E-state index in [0.717, 1.165) is 5.56 Å². The summed E-state index contributed by atoms with van der Waals surface area (Å²) in [5.74, 6) is -0.200. The fraction of sp³-hybridized carbons (Fsp3) is 0.417. The van der Waals surface area contributed by atoms with E-state index in [0.29, 0.717) is 5.56 Å². The van der Waals surface area contributed by atoms with Gasteiger partial charge in [0.1, 0.15) is 0 Å². The van der Waals surface area contributed by atoms with E-state index in [1.54, 1.807) is 12.1 Å². The van der Waals surface area contributed by atoms with E-state index in [2.05, 4.69) is 0 Å². The van der Waals surface area contributed by atoms with Crippen molar-refractivity contribution in [3.8, 4) is 0 Å². The van der Waals surface area contributed by atoms with Crippen molar-refractivity contribution in [3.05, 3.63) is 35.4 Å². The van der Waals surface area contributed by atoms with Crippen LogP contribution in [0.3, 0.4) is 0 Å². The highest BCUT2D eigenvalue weighted by Crippen LogP contribution is 2.26. The fourth-order valence-electron chi connectivity index (χ4n) is 1.71. The van der Waals surface area contributed by atoms with Crippen LogP contribution in [0.25, 0.3) is 0 Å². The number of rotatable bonds is 4. The zero-order valence-electron chi connectivity index (χ0n) is 9.10. The molecule has 0 aliphatic carbocycles. The van der Waals surface area contributed by atoms with Crippen LogP contribution >= 0.6 is 0 Å². The average Bonchev–Trinajstić information content (AvgIpc) is 2.18. The van der Waals surface area contributed by atoms with Crippen LogP contribution in [0.4, 0.5) is 0 Å². The molecule has 3 N–H and O–H groups in total. The summed E-state index contributed by atoms with van der Waals surface area (Å²) >= 11 is 0. The summed E-state index contributed by atoms with van der Waals surface area (Å²) < 4.78 is 0. The van der Waals surface area contributed by atoms with Crippen molar-refractivity contribution in [2.75, 3.05) is 6.61 Å². The number of aliphatic hydroxyl groups excluding tert-OH is 1. The van der Waals surface area contributed by atoms with Crippen LogP contribution in [0, 0.1) is 5.92 Å². The van der Waals surface area contributed by atoms with Gasteiger partial charge >= 0.3 is 0 Å². The summed E-state index contributed by atoms with van der Waals surface area (Å²) in [7, 11) is 0. The maximum Gasteiger partial charge on any atom is 0.248 e. The van der Waals surface area contributed by atoms with E-state index in [9.17, 15) is 9.90 Å². The minimum absolute atomic E-state index is 0.0297. The highest BCUT2D eigenvalue weighted by molar-refractivity contribution is 5.94. The Hall–Kier alpha value is -1.35. The molecule has 0 saturated heterocycles. The highest BCUT2D eigenvalue weighted by Gasteiger charge is 2.19. The van der Waals surface area contributed by atoms with Gasteiger partial charge in [-0.15, -0.1) is 0 Å². The molecule has 15 heavy (non-hydrogen) atoms. The SMILES string of the molecule is CC(C)[C@H](CO)c1ccccc1C(N)=O. The Labute approximate surface area is 89.9 Å². The lowest BCUT2D eigenvalue weighted by Gasteiger charge is -2.20. The average molecular weight is 207 g/mol. The molecule has 0 bridgehead atoms. The molecule has 1 aromatic carbocycles. The van der Waals surface area contributed by atoms with E-state index >= 15 is 0 Å². The molecular formula is C12H17NO2. The molecule has 1 aromatic rings. The lowest BCUT2D eigenvalue weighted by molar-refractivity contribution is 0.0998. The predicted octanol–water partition coefficient (Wildman–Crippen LogP) is 1.52. The molecule has 0 heterocycles. The third-order valence-corrected chi connectivity index (χ3v) is 2.63. The molecule has 1 rings (SSSR count). The maximum atomic E-state index is 11.2. The summed E-state index contributed by atoms with van der Waals surface area (Å²) in [6, 6.07) is 7.18. The number of benzene rings is 1. The van der Waals surface area contributed by atoms with E-state index in [1.807, 2.05) is 26.0 Å². The number of aliphatic hydroxyl groups is 1. The van der Waals surface area contributed by atoms with Gasteiger partial charge in [-0.2, -0.15) is 0 Å². The summed E-state index contributed by atoms with van der Waals surface area (Å²) in [6.07, 6.45) is 0. The van der Waals surface area contributed by atoms with Crippen LogP contribution in [0.1, 0.15) is 35.7 Å². The summed E-state index contributed by atoms with van der Waals surface area (Å²) in [5.41, 5.74) is 6.63. The molecular weight excluding hydrogens is 190 g/mol. The fourth-order valence-corrected chi connectivity index (χ4v) is 1.71. The van der Waals surface area contributed by atoms with Crippen molar-refractivity contribution in [2.24, 2.45) is 11.7 Å². The van der Waals surface area contributed by atoms with Gasteiger partial charge in [0.05, 0.1) is 6.61 Å². The molecule has 0 spiro atoms. The minimum atomic E-state index is -0.440. The molecule has 3 nitrogen and oxygen atoms in total. The van der Waals surface area contributed by atoms with E-state index in [1.165, 1.54) is 0 Å². The lowest BCUT2D eigenvalue weighted by Crippen LogP contribution is -2.19. The zero-order chi connectivity index (χ0) is 11.4. The Morgan fingerprint density at radius 2 is 2.00 bits per heavy atom. The number of carbonyl (C=O) groups excluding carboxylic acids is 1. The Bertz CT molecular complexity index is 347. The Kier molecular flexibility index (Phi) is 3.86. The second-order valence-corrected chi connectivity index (χ2v) is 3.98. The van der Waals surface area contributed by atoms with Crippen molar-refractivity contribution >= 4 is 5.91 Å². The van der Waals surface area contributed by atoms with Gasteiger partial charge in [-0.25, -0.2) is 0 Å². The van der Waals surface area contributed by atoms with Gasteiger partial charge in [0.25, 0.3) is 0 Å². The molecule has 1 amide bonds. The third kappa shape index (κ3) is 2.57. The Morgan fingerprint density at radius 3 is 2.47 bits per heavy atom. The van der Waals surface area contributed by atoms with Gasteiger partial charge < -0.3 is 10.8 Å². The van der Waals surface area contributed by atoms with Crippen LogP contribution in [-0.4, -0.2) is 17.6 Å².